The number of aromatic nitrogens is 2. The molecule has 2 amide bonds. The number of amides is 2. The van der Waals surface area contributed by atoms with Crippen molar-refractivity contribution in [1.29, 1.82) is 0 Å². The first-order valence-electron chi connectivity index (χ1n) is 7.44. The van der Waals surface area contributed by atoms with Gasteiger partial charge in [-0.3, -0.25) is 9.59 Å². The Labute approximate surface area is 133 Å². The van der Waals surface area contributed by atoms with Gasteiger partial charge in [0.2, 0.25) is 11.8 Å². The van der Waals surface area contributed by atoms with E-state index in [0.29, 0.717) is 24.4 Å². The van der Waals surface area contributed by atoms with Crippen LogP contribution in [-0.4, -0.2) is 28.9 Å². The average Bonchev–Trinajstić information content (AvgIpc) is 3.37. The SMILES string of the molecule is COC1=C(c2cc(NC(=O)C3(C(N)=O)CC3)ncn2)C=CCC1. The highest BCUT2D eigenvalue weighted by Gasteiger charge is 2.55. The maximum Gasteiger partial charge on any atom is 0.241 e. The normalized spacial score (nSPS) is 18.5. The summed E-state index contributed by atoms with van der Waals surface area (Å²) in [4.78, 5) is 31.9. The number of carbonyl (C=O) groups excluding carboxylic acids is 2. The molecule has 0 bridgehead atoms. The van der Waals surface area contributed by atoms with Crippen molar-refractivity contribution in [3.8, 4) is 0 Å². The monoisotopic (exact) mass is 314 g/mol. The number of carbonyl (C=O) groups is 2. The number of ether oxygens (including phenoxy) is 1. The van der Waals surface area contributed by atoms with Crippen LogP contribution in [0.4, 0.5) is 5.82 Å². The summed E-state index contributed by atoms with van der Waals surface area (Å²) in [5.74, 6) is 0.187. The highest BCUT2D eigenvalue weighted by molar-refractivity contribution is 6.12. The number of nitrogens with one attached hydrogen (secondary N) is 1. The van der Waals surface area contributed by atoms with Crippen molar-refractivity contribution in [1.82, 2.24) is 9.97 Å². The van der Waals surface area contributed by atoms with Crippen molar-refractivity contribution in [2.45, 2.75) is 25.7 Å². The van der Waals surface area contributed by atoms with Crippen LogP contribution >= 0.6 is 0 Å². The Morgan fingerprint density at radius 3 is 2.78 bits per heavy atom. The third-order valence-corrected chi connectivity index (χ3v) is 4.21. The largest absolute Gasteiger partial charge is 0.500 e. The van der Waals surface area contributed by atoms with Gasteiger partial charge < -0.3 is 15.8 Å². The molecule has 1 fully saturated rings. The maximum absolute atomic E-state index is 12.2. The summed E-state index contributed by atoms with van der Waals surface area (Å²) >= 11 is 0. The molecule has 7 heteroatoms. The number of primary amides is 1. The number of nitrogens with zero attached hydrogens (tertiary/aromatic N) is 2. The van der Waals surface area contributed by atoms with E-state index >= 15 is 0 Å². The zero-order valence-corrected chi connectivity index (χ0v) is 12.8. The molecule has 0 aliphatic heterocycles. The van der Waals surface area contributed by atoms with Gasteiger partial charge in [0, 0.05) is 18.1 Å². The summed E-state index contributed by atoms with van der Waals surface area (Å²) in [7, 11) is 1.63. The summed E-state index contributed by atoms with van der Waals surface area (Å²) in [5, 5.41) is 2.66. The molecule has 3 rings (SSSR count). The van der Waals surface area contributed by atoms with E-state index in [0.717, 1.165) is 24.2 Å². The van der Waals surface area contributed by atoms with Crippen molar-refractivity contribution >= 4 is 23.2 Å². The minimum atomic E-state index is -1.08. The van der Waals surface area contributed by atoms with E-state index in [1.807, 2.05) is 12.2 Å². The quantitative estimate of drug-likeness (QED) is 0.799. The van der Waals surface area contributed by atoms with Crippen molar-refractivity contribution in [3.63, 3.8) is 0 Å². The van der Waals surface area contributed by atoms with Crippen LogP contribution in [0.3, 0.4) is 0 Å². The summed E-state index contributed by atoms with van der Waals surface area (Å²) in [6.07, 6.45) is 8.05. The van der Waals surface area contributed by atoms with Gasteiger partial charge in [-0.05, 0) is 19.3 Å². The zero-order chi connectivity index (χ0) is 16.4. The molecule has 0 saturated heterocycles. The lowest BCUT2D eigenvalue weighted by atomic mass is 10.0. The van der Waals surface area contributed by atoms with E-state index in [1.54, 1.807) is 13.2 Å². The maximum atomic E-state index is 12.2. The van der Waals surface area contributed by atoms with Gasteiger partial charge >= 0.3 is 0 Å². The van der Waals surface area contributed by atoms with Crippen LogP contribution in [0.1, 0.15) is 31.4 Å². The third kappa shape index (κ3) is 2.81. The molecule has 0 unspecified atom stereocenters. The molecule has 3 N–H and O–H groups in total. The van der Waals surface area contributed by atoms with E-state index in [4.69, 9.17) is 10.5 Å². The number of methoxy groups -OCH3 is 1. The minimum Gasteiger partial charge on any atom is -0.500 e. The lowest BCUT2D eigenvalue weighted by Crippen LogP contribution is -2.36. The van der Waals surface area contributed by atoms with Crippen molar-refractivity contribution < 1.29 is 14.3 Å². The van der Waals surface area contributed by atoms with E-state index in [-0.39, 0.29) is 0 Å². The number of rotatable bonds is 5. The Morgan fingerprint density at radius 1 is 1.35 bits per heavy atom. The predicted octanol–water partition coefficient (Wildman–Crippen LogP) is 1.39. The molecular weight excluding hydrogens is 296 g/mol. The second-order valence-electron chi connectivity index (χ2n) is 5.67. The predicted molar refractivity (Wildman–Crippen MR) is 83.8 cm³/mol. The fourth-order valence-corrected chi connectivity index (χ4v) is 2.60. The molecule has 0 radical (unpaired) electrons. The second-order valence-corrected chi connectivity index (χ2v) is 5.67. The summed E-state index contributed by atoms with van der Waals surface area (Å²) < 4.78 is 5.39. The molecule has 1 aromatic heterocycles. The van der Waals surface area contributed by atoms with E-state index in [9.17, 15) is 9.59 Å². The van der Waals surface area contributed by atoms with Crippen LogP contribution in [0.25, 0.3) is 5.57 Å². The molecule has 0 spiro atoms. The first-order valence-corrected chi connectivity index (χ1v) is 7.44. The molecule has 7 nitrogen and oxygen atoms in total. The number of allylic oxidation sites excluding steroid dienone is 4. The molecule has 1 heterocycles. The van der Waals surface area contributed by atoms with Gasteiger partial charge in [-0.2, -0.15) is 0 Å². The summed E-state index contributed by atoms with van der Waals surface area (Å²) in [6, 6.07) is 1.67. The third-order valence-electron chi connectivity index (χ3n) is 4.21. The standard InChI is InChI=1S/C16H18N4O3/c1-23-12-5-3-2-4-10(12)11-8-13(19-9-18-11)20-15(22)16(6-7-16)14(17)21/h2,4,8-9H,3,5-7H2,1H3,(H2,17,21)(H,18,19,20,22). The molecule has 1 aromatic rings. The Kier molecular flexibility index (Phi) is 3.85. The van der Waals surface area contributed by atoms with Crippen molar-refractivity contribution in [3.05, 3.63) is 36.0 Å². The summed E-state index contributed by atoms with van der Waals surface area (Å²) in [6.45, 7) is 0. The Bertz CT molecular complexity index is 720. The number of nitrogens with two attached hydrogens (primary N) is 1. The van der Waals surface area contributed by atoms with Crippen LogP contribution in [0.2, 0.25) is 0 Å². The molecule has 0 atom stereocenters. The molecule has 23 heavy (non-hydrogen) atoms. The molecule has 2 aliphatic rings. The van der Waals surface area contributed by atoms with Gasteiger partial charge in [0.15, 0.2) is 0 Å². The van der Waals surface area contributed by atoms with Crippen LogP contribution in [-0.2, 0) is 14.3 Å². The van der Waals surface area contributed by atoms with Gasteiger partial charge in [-0.1, -0.05) is 12.2 Å². The second kappa shape index (κ2) is 5.83. The van der Waals surface area contributed by atoms with Gasteiger partial charge in [-0.15, -0.1) is 0 Å². The number of hydrogen-bond donors (Lipinski definition) is 2. The topological polar surface area (TPSA) is 107 Å². The fraction of sp³-hybridized carbons (Fsp3) is 0.375. The van der Waals surface area contributed by atoms with Gasteiger partial charge in [-0.25, -0.2) is 9.97 Å². The molecule has 0 aromatic carbocycles. The first kappa shape index (κ1) is 15.2. The van der Waals surface area contributed by atoms with Crippen LogP contribution in [0.15, 0.2) is 30.3 Å². The lowest BCUT2D eigenvalue weighted by molar-refractivity contribution is -0.132. The highest BCUT2D eigenvalue weighted by Crippen LogP contribution is 2.46. The molecular formula is C16H18N4O3. The van der Waals surface area contributed by atoms with Crippen LogP contribution in [0, 0.1) is 5.41 Å². The lowest BCUT2D eigenvalue weighted by Gasteiger charge is -2.15. The van der Waals surface area contributed by atoms with Crippen molar-refractivity contribution in [2.24, 2.45) is 11.1 Å². The Morgan fingerprint density at radius 2 is 2.13 bits per heavy atom. The summed E-state index contributed by atoms with van der Waals surface area (Å²) in [5.41, 5.74) is 5.76. The minimum absolute atomic E-state index is 0.342. The van der Waals surface area contributed by atoms with Gasteiger partial charge in [0.25, 0.3) is 0 Å². The average molecular weight is 314 g/mol. The number of anilines is 1. The zero-order valence-electron chi connectivity index (χ0n) is 12.8. The smallest absolute Gasteiger partial charge is 0.241 e. The number of hydrogen-bond acceptors (Lipinski definition) is 5. The molecule has 1 saturated carbocycles. The van der Waals surface area contributed by atoms with Gasteiger partial charge in [0.1, 0.15) is 23.3 Å². The highest BCUT2D eigenvalue weighted by atomic mass is 16.5. The fourth-order valence-electron chi connectivity index (χ4n) is 2.60. The van der Waals surface area contributed by atoms with Gasteiger partial charge in [0.05, 0.1) is 12.8 Å². The Balaban J connectivity index is 1.84. The Hall–Kier alpha value is -2.70. The van der Waals surface area contributed by atoms with Crippen LogP contribution < -0.4 is 11.1 Å². The van der Waals surface area contributed by atoms with E-state index < -0.39 is 17.2 Å². The molecule has 2 aliphatic carbocycles. The van der Waals surface area contributed by atoms with E-state index in [2.05, 4.69) is 15.3 Å². The molecule has 120 valence electrons. The first-order chi connectivity index (χ1) is 11.1. The van der Waals surface area contributed by atoms with Crippen LogP contribution in [0.5, 0.6) is 0 Å². The van der Waals surface area contributed by atoms with E-state index in [1.165, 1.54) is 6.33 Å². The van der Waals surface area contributed by atoms with Crippen molar-refractivity contribution in [2.75, 3.05) is 12.4 Å².